The average molecular weight is 326 g/mol. The molecule has 1 N–H and O–H groups in total. The zero-order chi connectivity index (χ0) is 12.2. The lowest BCUT2D eigenvalue weighted by atomic mass is 10.5. The normalized spacial score (nSPS) is 11.4. The van der Waals surface area contributed by atoms with E-state index in [0.717, 1.165) is 3.79 Å². The number of carbonyl (C=O) groups is 1. The van der Waals surface area contributed by atoms with E-state index in [4.69, 9.17) is 0 Å². The largest absolute Gasteiger partial charge is 0.356 e. The third-order valence-corrected chi connectivity index (χ3v) is 5.82. The van der Waals surface area contributed by atoms with E-state index in [1.807, 2.05) is 0 Å². The van der Waals surface area contributed by atoms with Crippen molar-refractivity contribution in [3.63, 3.8) is 0 Å². The Balaban J connectivity index is 2.50. The van der Waals surface area contributed by atoms with Crippen LogP contribution in [0.4, 0.5) is 0 Å². The zero-order valence-corrected chi connectivity index (χ0v) is 11.9. The molecule has 7 heteroatoms. The van der Waals surface area contributed by atoms with Crippen molar-refractivity contribution in [2.75, 3.05) is 12.3 Å². The van der Waals surface area contributed by atoms with E-state index in [1.54, 1.807) is 12.1 Å². The number of thiophene rings is 1. The molecule has 1 amide bonds. The summed E-state index contributed by atoms with van der Waals surface area (Å²) in [6, 6.07) is 3.30. The van der Waals surface area contributed by atoms with Crippen molar-refractivity contribution in [1.82, 2.24) is 5.32 Å². The van der Waals surface area contributed by atoms with Crippen LogP contribution in [0.5, 0.6) is 0 Å². The van der Waals surface area contributed by atoms with Crippen molar-refractivity contribution < 1.29 is 13.2 Å². The van der Waals surface area contributed by atoms with Gasteiger partial charge in [0.1, 0.15) is 4.21 Å². The molecule has 16 heavy (non-hydrogen) atoms. The highest BCUT2D eigenvalue weighted by Crippen LogP contribution is 2.26. The molecule has 0 unspecified atom stereocenters. The van der Waals surface area contributed by atoms with Gasteiger partial charge in [-0.25, -0.2) is 8.42 Å². The van der Waals surface area contributed by atoms with E-state index in [2.05, 4.69) is 21.2 Å². The lowest BCUT2D eigenvalue weighted by Gasteiger charge is -2.02. The van der Waals surface area contributed by atoms with E-state index in [1.165, 1.54) is 18.3 Å². The summed E-state index contributed by atoms with van der Waals surface area (Å²) in [4.78, 5) is 10.6. The Hall–Kier alpha value is -0.400. The number of hydrogen-bond acceptors (Lipinski definition) is 4. The quantitative estimate of drug-likeness (QED) is 0.840. The summed E-state index contributed by atoms with van der Waals surface area (Å²) in [7, 11) is -3.20. The molecule has 0 atom stereocenters. The Bertz CT molecular complexity index is 467. The molecule has 0 aliphatic carbocycles. The van der Waals surface area contributed by atoms with Gasteiger partial charge in [-0.2, -0.15) is 0 Å². The molecule has 4 nitrogen and oxygen atoms in total. The average Bonchev–Trinajstić information content (AvgIpc) is 2.60. The first-order valence-electron chi connectivity index (χ1n) is 4.64. The van der Waals surface area contributed by atoms with Gasteiger partial charge >= 0.3 is 0 Å². The van der Waals surface area contributed by atoms with Gasteiger partial charge in [0.15, 0.2) is 9.84 Å². The molecule has 0 aliphatic rings. The van der Waals surface area contributed by atoms with Crippen LogP contribution in [-0.4, -0.2) is 26.6 Å². The first-order chi connectivity index (χ1) is 7.42. The summed E-state index contributed by atoms with van der Waals surface area (Å²) >= 11 is 4.42. The molecule has 1 rings (SSSR count). The second kappa shape index (κ2) is 5.79. The van der Waals surface area contributed by atoms with Gasteiger partial charge in [-0.05, 0) is 34.5 Å². The predicted molar refractivity (Wildman–Crippen MR) is 67.4 cm³/mol. The minimum absolute atomic E-state index is 0.0558. The molecule has 0 bridgehead atoms. The minimum atomic E-state index is -3.20. The Morgan fingerprint density at radius 2 is 2.19 bits per heavy atom. The van der Waals surface area contributed by atoms with Crippen molar-refractivity contribution in [1.29, 1.82) is 0 Å². The van der Waals surface area contributed by atoms with Crippen LogP contribution in [0, 0.1) is 0 Å². The van der Waals surface area contributed by atoms with Crippen molar-refractivity contribution in [2.24, 2.45) is 0 Å². The van der Waals surface area contributed by atoms with Crippen LogP contribution in [0.1, 0.15) is 13.3 Å². The lowest BCUT2D eigenvalue weighted by molar-refractivity contribution is -0.118. The maximum absolute atomic E-state index is 11.8. The van der Waals surface area contributed by atoms with Crippen molar-refractivity contribution >= 4 is 43.0 Å². The van der Waals surface area contributed by atoms with Crippen LogP contribution in [-0.2, 0) is 14.6 Å². The number of carbonyl (C=O) groups excluding carboxylic acids is 1. The van der Waals surface area contributed by atoms with Crippen LogP contribution < -0.4 is 5.32 Å². The molecule has 0 spiro atoms. The van der Waals surface area contributed by atoms with Gasteiger partial charge in [-0.3, -0.25) is 4.79 Å². The van der Waals surface area contributed by atoms with Gasteiger partial charge in [0.25, 0.3) is 0 Å². The summed E-state index contributed by atoms with van der Waals surface area (Å²) in [5.74, 6) is -0.0866. The van der Waals surface area contributed by atoms with E-state index in [9.17, 15) is 13.2 Å². The third-order valence-electron chi connectivity index (χ3n) is 1.82. The second-order valence-electron chi connectivity index (χ2n) is 3.21. The Labute approximate surface area is 107 Å². The SMILES string of the molecule is CC(=O)NCCCS(=O)(=O)c1ccc(Br)s1. The third kappa shape index (κ3) is 4.23. The first kappa shape index (κ1) is 13.7. The molecule has 0 radical (unpaired) electrons. The van der Waals surface area contributed by atoms with E-state index in [0.29, 0.717) is 17.2 Å². The molecule has 0 saturated carbocycles. The fourth-order valence-corrected chi connectivity index (χ4v) is 4.56. The molecule has 0 fully saturated rings. The maximum atomic E-state index is 11.8. The number of hydrogen-bond donors (Lipinski definition) is 1. The Morgan fingerprint density at radius 3 is 2.69 bits per heavy atom. The van der Waals surface area contributed by atoms with Gasteiger partial charge in [0, 0.05) is 13.5 Å². The Morgan fingerprint density at radius 1 is 1.50 bits per heavy atom. The van der Waals surface area contributed by atoms with Crippen LogP contribution >= 0.6 is 27.3 Å². The second-order valence-corrected chi connectivity index (χ2v) is 8.01. The number of amides is 1. The maximum Gasteiger partial charge on any atom is 0.216 e. The Kier molecular flexibility index (Phi) is 4.94. The lowest BCUT2D eigenvalue weighted by Crippen LogP contribution is -2.22. The molecule has 90 valence electrons. The van der Waals surface area contributed by atoms with Crippen molar-refractivity contribution in [3.8, 4) is 0 Å². The molecular formula is C9H12BrNO3S2. The van der Waals surface area contributed by atoms with Gasteiger partial charge in [-0.1, -0.05) is 0 Å². The molecule has 1 heterocycles. The van der Waals surface area contributed by atoms with Gasteiger partial charge < -0.3 is 5.32 Å². The van der Waals surface area contributed by atoms with Gasteiger partial charge in [0.05, 0.1) is 9.54 Å². The highest BCUT2D eigenvalue weighted by molar-refractivity contribution is 9.11. The van der Waals surface area contributed by atoms with Gasteiger partial charge in [-0.15, -0.1) is 11.3 Å². The monoisotopic (exact) mass is 325 g/mol. The van der Waals surface area contributed by atoms with Crippen LogP contribution in [0.2, 0.25) is 0 Å². The molecule has 1 aromatic heterocycles. The van der Waals surface area contributed by atoms with Crippen molar-refractivity contribution in [2.45, 2.75) is 17.6 Å². The summed E-state index contributed by atoms with van der Waals surface area (Å²) < 4.78 is 24.7. The number of sulfone groups is 1. The summed E-state index contributed by atoms with van der Waals surface area (Å²) in [5.41, 5.74) is 0. The smallest absolute Gasteiger partial charge is 0.216 e. The van der Waals surface area contributed by atoms with Crippen LogP contribution in [0.15, 0.2) is 20.1 Å². The van der Waals surface area contributed by atoms with E-state index < -0.39 is 9.84 Å². The number of nitrogens with one attached hydrogen (secondary N) is 1. The topological polar surface area (TPSA) is 63.2 Å². The molecule has 1 aromatic rings. The van der Waals surface area contributed by atoms with E-state index >= 15 is 0 Å². The molecule has 0 aliphatic heterocycles. The first-order valence-corrected chi connectivity index (χ1v) is 7.90. The van der Waals surface area contributed by atoms with Crippen LogP contribution in [0.3, 0.4) is 0 Å². The molecule has 0 aromatic carbocycles. The summed E-state index contributed by atoms with van der Waals surface area (Å²) in [5, 5.41) is 2.57. The molecule has 0 saturated heterocycles. The zero-order valence-electron chi connectivity index (χ0n) is 8.70. The van der Waals surface area contributed by atoms with Crippen molar-refractivity contribution in [3.05, 3.63) is 15.9 Å². The standard InChI is InChI=1S/C9H12BrNO3S2/c1-7(12)11-5-2-6-16(13,14)9-4-3-8(10)15-9/h3-4H,2,5-6H2,1H3,(H,11,12). The highest BCUT2D eigenvalue weighted by Gasteiger charge is 2.16. The molecular weight excluding hydrogens is 314 g/mol. The highest BCUT2D eigenvalue weighted by atomic mass is 79.9. The van der Waals surface area contributed by atoms with Gasteiger partial charge in [0.2, 0.25) is 5.91 Å². The number of rotatable bonds is 5. The summed E-state index contributed by atoms with van der Waals surface area (Å²) in [6.07, 6.45) is 0.428. The number of halogens is 1. The van der Waals surface area contributed by atoms with Crippen LogP contribution in [0.25, 0.3) is 0 Å². The fraction of sp³-hybridized carbons (Fsp3) is 0.444. The summed E-state index contributed by atoms with van der Waals surface area (Å²) in [6.45, 7) is 1.80. The predicted octanol–water partition coefficient (Wildman–Crippen LogP) is 1.81. The fourth-order valence-electron chi connectivity index (χ4n) is 1.09. The minimum Gasteiger partial charge on any atom is -0.356 e. The van der Waals surface area contributed by atoms with E-state index in [-0.39, 0.29) is 11.7 Å².